The van der Waals surface area contributed by atoms with Gasteiger partial charge in [-0.25, -0.2) is 9.67 Å². The van der Waals surface area contributed by atoms with Gasteiger partial charge in [-0.05, 0) is 40.5 Å². The van der Waals surface area contributed by atoms with Crippen LogP contribution in [0.5, 0.6) is 0 Å². The molecule has 124 valence electrons. The van der Waals surface area contributed by atoms with Gasteiger partial charge in [-0.2, -0.15) is 5.10 Å². The Morgan fingerprint density at radius 3 is 2.86 bits per heavy atom. The highest BCUT2D eigenvalue weighted by Gasteiger charge is 2.28. The molecule has 1 aliphatic heterocycles. The molecule has 2 N–H and O–H groups in total. The minimum absolute atomic E-state index is 0.00116. The number of nitrogens with zero attached hydrogens (tertiary/aromatic N) is 3. The normalized spacial score (nSPS) is 19.6. The summed E-state index contributed by atoms with van der Waals surface area (Å²) < 4.78 is 7.01. The molecule has 0 fully saturated rings. The third-order valence-electron chi connectivity index (χ3n) is 3.53. The molecule has 2 atom stereocenters. The number of carbonyl (C=O) groups excluding carboxylic acids is 1. The molecule has 1 amide bonds. The number of rotatable bonds is 5. The standard InChI is InChI=1S/C15H27N5O2/c1-10(14(21)18-15(2,3)4)16-11-7-6-8-20-13(11)17-12(19-20)9-22-5/h10-11,16H,6-9H2,1-5H3,(H,18,21)/t10-,11-/m0/s1. The predicted molar refractivity (Wildman–Crippen MR) is 83.2 cm³/mol. The van der Waals surface area contributed by atoms with Gasteiger partial charge in [0.1, 0.15) is 12.4 Å². The number of aromatic nitrogens is 3. The van der Waals surface area contributed by atoms with Crippen molar-refractivity contribution in [2.75, 3.05) is 7.11 Å². The van der Waals surface area contributed by atoms with Gasteiger partial charge >= 0.3 is 0 Å². The first-order chi connectivity index (χ1) is 10.3. The first-order valence-corrected chi connectivity index (χ1v) is 7.81. The number of hydrogen-bond acceptors (Lipinski definition) is 5. The van der Waals surface area contributed by atoms with Crippen LogP contribution in [-0.2, 0) is 22.7 Å². The molecule has 0 aromatic carbocycles. The Hall–Kier alpha value is -1.47. The second-order valence-corrected chi connectivity index (χ2v) is 6.86. The van der Waals surface area contributed by atoms with Crippen molar-refractivity contribution in [2.45, 2.75) is 71.3 Å². The summed E-state index contributed by atoms with van der Waals surface area (Å²) in [5.74, 6) is 1.59. The van der Waals surface area contributed by atoms with E-state index in [1.54, 1.807) is 7.11 Å². The second-order valence-electron chi connectivity index (χ2n) is 6.86. The first kappa shape index (κ1) is 16.9. The molecule has 0 saturated carbocycles. The van der Waals surface area contributed by atoms with Crippen LogP contribution in [0.3, 0.4) is 0 Å². The molecule has 0 unspecified atom stereocenters. The highest BCUT2D eigenvalue weighted by atomic mass is 16.5. The van der Waals surface area contributed by atoms with E-state index in [-0.39, 0.29) is 23.5 Å². The molecule has 7 nitrogen and oxygen atoms in total. The monoisotopic (exact) mass is 309 g/mol. The van der Waals surface area contributed by atoms with Crippen LogP contribution in [0.15, 0.2) is 0 Å². The zero-order valence-electron chi connectivity index (χ0n) is 14.1. The quantitative estimate of drug-likeness (QED) is 0.853. The van der Waals surface area contributed by atoms with Crippen LogP contribution in [0.4, 0.5) is 0 Å². The third kappa shape index (κ3) is 4.27. The number of aryl methyl sites for hydroxylation is 1. The summed E-state index contributed by atoms with van der Waals surface area (Å²) in [4.78, 5) is 16.8. The fraction of sp³-hybridized carbons (Fsp3) is 0.800. The summed E-state index contributed by atoms with van der Waals surface area (Å²) in [5.41, 5.74) is -0.231. The highest BCUT2D eigenvalue weighted by molar-refractivity contribution is 5.81. The summed E-state index contributed by atoms with van der Waals surface area (Å²) in [5, 5.41) is 10.8. The number of fused-ring (bicyclic) bond motifs is 1. The van der Waals surface area contributed by atoms with Crippen LogP contribution < -0.4 is 10.6 Å². The molecule has 7 heteroatoms. The van der Waals surface area contributed by atoms with Crippen LogP contribution >= 0.6 is 0 Å². The highest BCUT2D eigenvalue weighted by Crippen LogP contribution is 2.23. The molecule has 1 aromatic heterocycles. The van der Waals surface area contributed by atoms with E-state index in [9.17, 15) is 4.79 Å². The number of methoxy groups -OCH3 is 1. The minimum atomic E-state index is -0.279. The smallest absolute Gasteiger partial charge is 0.237 e. The lowest BCUT2D eigenvalue weighted by Crippen LogP contribution is -2.50. The summed E-state index contributed by atoms with van der Waals surface area (Å²) in [6.07, 6.45) is 1.98. The van der Waals surface area contributed by atoms with Crippen molar-refractivity contribution in [2.24, 2.45) is 0 Å². The summed E-state index contributed by atoms with van der Waals surface area (Å²) >= 11 is 0. The van der Waals surface area contributed by atoms with Gasteiger partial charge < -0.3 is 10.1 Å². The van der Waals surface area contributed by atoms with E-state index in [1.807, 2.05) is 32.4 Å². The number of hydrogen-bond donors (Lipinski definition) is 2. The van der Waals surface area contributed by atoms with Crippen molar-refractivity contribution in [3.63, 3.8) is 0 Å². The Kier molecular flexibility index (Phi) is 5.18. The van der Waals surface area contributed by atoms with Crippen molar-refractivity contribution in [1.29, 1.82) is 0 Å². The lowest BCUT2D eigenvalue weighted by molar-refractivity contribution is -0.124. The topological polar surface area (TPSA) is 81.1 Å². The molecule has 2 heterocycles. The van der Waals surface area contributed by atoms with Crippen LogP contribution in [0, 0.1) is 0 Å². The molecule has 0 bridgehead atoms. The van der Waals surface area contributed by atoms with Gasteiger partial charge in [0.15, 0.2) is 5.82 Å². The van der Waals surface area contributed by atoms with Gasteiger partial charge in [-0.3, -0.25) is 10.1 Å². The fourth-order valence-corrected chi connectivity index (χ4v) is 2.60. The number of nitrogens with one attached hydrogen (secondary N) is 2. The Bertz CT molecular complexity index is 520. The number of amides is 1. The predicted octanol–water partition coefficient (Wildman–Crippen LogP) is 1.15. The SMILES string of the molecule is COCc1nc2n(n1)CCC[C@@H]2N[C@@H](C)C(=O)NC(C)(C)C. The maximum absolute atomic E-state index is 12.2. The van der Waals surface area contributed by atoms with E-state index in [2.05, 4.69) is 20.7 Å². The lowest BCUT2D eigenvalue weighted by Gasteiger charge is -2.28. The number of carbonyl (C=O) groups is 1. The molecule has 22 heavy (non-hydrogen) atoms. The summed E-state index contributed by atoms with van der Waals surface area (Å²) in [6.45, 7) is 9.09. The van der Waals surface area contributed by atoms with Gasteiger partial charge in [0, 0.05) is 19.2 Å². The minimum Gasteiger partial charge on any atom is -0.377 e. The fourth-order valence-electron chi connectivity index (χ4n) is 2.60. The van der Waals surface area contributed by atoms with Crippen molar-refractivity contribution >= 4 is 5.91 Å². The van der Waals surface area contributed by atoms with Gasteiger partial charge in [0.05, 0.1) is 12.1 Å². The van der Waals surface area contributed by atoms with Crippen LogP contribution in [-0.4, -0.2) is 39.4 Å². The van der Waals surface area contributed by atoms with E-state index >= 15 is 0 Å². The van der Waals surface area contributed by atoms with Crippen molar-refractivity contribution in [1.82, 2.24) is 25.4 Å². The molecule has 1 aromatic rings. The number of ether oxygens (including phenoxy) is 1. The van der Waals surface area contributed by atoms with E-state index < -0.39 is 0 Å². The largest absolute Gasteiger partial charge is 0.377 e. The summed E-state index contributed by atoms with van der Waals surface area (Å²) in [6, 6.07) is -0.231. The molecule has 0 aliphatic carbocycles. The van der Waals surface area contributed by atoms with E-state index in [0.29, 0.717) is 12.4 Å². The average molecular weight is 309 g/mol. The van der Waals surface area contributed by atoms with Gasteiger partial charge in [0.2, 0.25) is 5.91 Å². The maximum atomic E-state index is 12.2. The zero-order valence-corrected chi connectivity index (χ0v) is 14.1. The van der Waals surface area contributed by atoms with Crippen molar-refractivity contribution in [3.8, 4) is 0 Å². The summed E-state index contributed by atoms with van der Waals surface area (Å²) in [7, 11) is 1.63. The van der Waals surface area contributed by atoms with Gasteiger partial charge in [0.25, 0.3) is 0 Å². The molecule has 0 saturated heterocycles. The Labute approximate surface area is 131 Å². The van der Waals surface area contributed by atoms with Crippen LogP contribution in [0.2, 0.25) is 0 Å². The van der Waals surface area contributed by atoms with E-state index in [1.165, 1.54) is 0 Å². The Morgan fingerprint density at radius 2 is 2.23 bits per heavy atom. The molecular formula is C15H27N5O2. The second kappa shape index (κ2) is 6.75. The molecule has 0 spiro atoms. The van der Waals surface area contributed by atoms with Gasteiger partial charge in [-0.15, -0.1) is 0 Å². The van der Waals surface area contributed by atoms with Crippen LogP contribution in [0.25, 0.3) is 0 Å². The molecule has 1 aliphatic rings. The van der Waals surface area contributed by atoms with Gasteiger partial charge in [-0.1, -0.05) is 0 Å². The molecular weight excluding hydrogens is 282 g/mol. The average Bonchev–Trinajstić information content (AvgIpc) is 2.80. The Morgan fingerprint density at radius 1 is 1.50 bits per heavy atom. The third-order valence-corrected chi connectivity index (χ3v) is 3.53. The van der Waals surface area contributed by atoms with E-state index in [0.717, 1.165) is 25.2 Å². The maximum Gasteiger partial charge on any atom is 0.237 e. The van der Waals surface area contributed by atoms with Crippen molar-refractivity contribution < 1.29 is 9.53 Å². The van der Waals surface area contributed by atoms with Crippen molar-refractivity contribution in [3.05, 3.63) is 11.6 Å². The van der Waals surface area contributed by atoms with E-state index in [4.69, 9.17) is 4.74 Å². The molecule has 2 rings (SSSR count). The Balaban J connectivity index is 2.04. The zero-order chi connectivity index (χ0) is 16.3. The lowest BCUT2D eigenvalue weighted by atomic mass is 10.1. The molecule has 0 radical (unpaired) electrons. The van der Waals surface area contributed by atoms with Crippen LogP contribution in [0.1, 0.15) is 58.2 Å². The first-order valence-electron chi connectivity index (χ1n) is 7.81.